The monoisotopic (exact) mass is 380 g/mol. The molecule has 0 atom stereocenters. The van der Waals surface area contributed by atoms with E-state index in [1.54, 1.807) is 24.3 Å². The Hall–Kier alpha value is -3.03. The fourth-order valence-electron chi connectivity index (χ4n) is 2.87. The second kappa shape index (κ2) is 8.11. The van der Waals surface area contributed by atoms with E-state index in [1.165, 1.54) is 13.2 Å². The number of para-hydroxylation sites is 1. The third-order valence-electron chi connectivity index (χ3n) is 4.04. The Morgan fingerprint density at radius 3 is 2.22 bits per heavy atom. The van der Waals surface area contributed by atoms with Gasteiger partial charge in [0.25, 0.3) is 0 Å². The van der Waals surface area contributed by atoms with Crippen LogP contribution >= 0.6 is 0 Å². The molecule has 0 radical (unpaired) electrons. The highest BCUT2D eigenvalue weighted by Crippen LogP contribution is 2.39. The summed E-state index contributed by atoms with van der Waals surface area (Å²) < 4.78 is 45.8. The van der Waals surface area contributed by atoms with Crippen molar-refractivity contribution in [3.63, 3.8) is 0 Å². The minimum Gasteiger partial charge on any atom is -0.496 e. The van der Waals surface area contributed by atoms with Crippen molar-refractivity contribution in [2.45, 2.75) is 25.4 Å². The van der Waals surface area contributed by atoms with E-state index in [2.05, 4.69) is 0 Å². The molecular weight excluding hydrogens is 361 g/mol. The molecule has 2 aromatic carbocycles. The first kappa shape index (κ1) is 20.3. The summed E-state index contributed by atoms with van der Waals surface area (Å²) in [6.07, 6.45) is -5.34. The Balaban J connectivity index is 2.74. The Labute approximate surface area is 154 Å². The highest BCUT2D eigenvalue weighted by Gasteiger charge is 2.34. The van der Waals surface area contributed by atoms with Gasteiger partial charge in [-0.1, -0.05) is 18.2 Å². The number of carbonyl (C=O) groups excluding carboxylic acids is 2. The zero-order valence-electron chi connectivity index (χ0n) is 14.6. The zero-order chi connectivity index (χ0) is 20.2. The van der Waals surface area contributed by atoms with Crippen LogP contribution in [0.5, 0.6) is 5.75 Å². The van der Waals surface area contributed by atoms with Crippen molar-refractivity contribution in [3.05, 3.63) is 53.1 Å². The van der Waals surface area contributed by atoms with E-state index in [1.807, 2.05) is 0 Å². The van der Waals surface area contributed by atoms with Crippen molar-refractivity contribution in [2.24, 2.45) is 11.5 Å². The normalized spacial score (nSPS) is 11.3. The van der Waals surface area contributed by atoms with Gasteiger partial charge >= 0.3 is 6.18 Å². The predicted octanol–water partition coefficient (Wildman–Crippen LogP) is 2.83. The molecular formula is C19H19F3N2O3. The fraction of sp³-hybridized carbons (Fsp3) is 0.263. The van der Waals surface area contributed by atoms with Gasteiger partial charge in [0, 0.05) is 12.0 Å². The van der Waals surface area contributed by atoms with Crippen molar-refractivity contribution < 1.29 is 27.5 Å². The van der Waals surface area contributed by atoms with Gasteiger partial charge in [-0.25, -0.2) is 0 Å². The average Bonchev–Trinajstić information content (AvgIpc) is 2.58. The molecule has 2 amide bonds. The van der Waals surface area contributed by atoms with Crippen LogP contribution in [-0.2, 0) is 28.6 Å². The number of hydrogen-bond donors (Lipinski definition) is 2. The number of alkyl halides is 3. The second-order valence-corrected chi connectivity index (χ2v) is 5.97. The van der Waals surface area contributed by atoms with Crippen LogP contribution in [0.2, 0.25) is 0 Å². The lowest BCUT2D eigenvalue weighted by Crippen LogP contribution is -2.19. The lowest BCUT2D eigenvalue weighted by molar-refractivity contribution is -0.138. The summed E-state index contributed by atoms with van der Waals surface area (Å²) >= 11 is 0. The van der Waals surface area contributed by atoms with Crippen LogP contribution in [-0.4, -0.2) is 18.9 Å². The lowest BCUT2D eigenvalue weighted by Gasteiger charge is -2.19. The maximum Gasteiger partial charge on any atom is 0.416 e. The van der Waals surface area contributed by atoms with E-state index in [-0.39, 0.29) is 24.0 Å². The van der Waals surface area contributed by atoms with Gasteiger partial charge in [-0.3, -0.25) is 9.59 Å². The minimum absolute atomic E-state index is 0.0165. The maximum absolute atomic E-state index is 13.5. The molecule has 0 aromatic heterocycles. The summed E-state index contributed by atoms with van der Waals surface area (Å²) in [6.45, 7) is 0. The Morgan fingerprint density at radius 2 is 1.67 bits per heavy atom. The van der Waals surface area contributed by atoms with Crippen LogP contribution in [0.1, 0.15) is 23.1 Å². The van der Waals surface area contributed by atoms with E-state index in [0.29, 0.717) is 16.9 Å². The zero-order valence-corrected chi connectivity index (χ0v) is 14.6. The minimum atomic E-state index is -4.68. The van der Waals surface area contributed by atoms with E-state index in [0.717, 1.165) is 6.07 Å². The van der Waals surface area contributed by atoms with Crippen LogP contribution in [0.15, 0.2) is 36.4 Å². The summed E-state index contributed by atoms with van der Waals surface area (Å²) in [5, 5.41) is 0. The van der Waals surface area contributed by atoms with Crippen LogP contribution in [0, 0.1) is 0 Å². The first-order chi connectivity index (χ1) is 12.6. The number of nitrogens with two attached hydrogens (primary N) is 2. The highest BCUT2D eigenvalue weighted by atomic mass is 19.4. The summed E-state index contributed by atoms with van der Waals surface area (Å²) in [6, 6.07) is 9.01. The Morgan fingerprint density at radius 1 is 1.00 bits per heavy atom. The molecule has 144 valence electrons. The van der Waals surface area contributed by atoms with Crippen molar-refractivity contribution in [2.75, 3.05) is 7.11 Å². The van der Waals surface area contributed by atoms with Gasteiger partial charge in [0.05, 0.1) is 19.1 Å². The van der Waals surface area contributed by atoms with E-state index < -0.39 is 30.0 Å². The predicted molar refractivity (Wildman–Crippen MR) is 93.8 cm³/mol. The number of aryl methyl sites for hydroxylation is 1. The molecule has 0 fully saturated rings. The number of rotatable bonds is 7. The summed E-state index contributed by atoms with van der Waals surface area (Å²) in [4.78, 5) is 22.4. The molecule has 8 heteroatoms. The van der Waals surface area contributed by atoms with Crippen molar-refractivity contribution in [3.8, 4) is 16.9 Å². The third kappa shape index (κ3) is 4.99. The van der Waals surface area contributed by atoms with Gasteiger partial charge in [-0.05, 0) is 41.3 Å². The number of halogens is 3. The fourth-order valence-corrected chi connectivity index (χ4v) is 2.87. The van der Waals surface area contributed by atoms with E-state index >= 15 is 0 Å². The molecule has 0 heterocycles. The van der Waals surface area contributed by atoms with Gasteiger partial charge in [-0.2, -0.15) is 13.2 Å². The molecule has 27 heavy (non-hydrogen) atoms. The molecule has 0 aliphatic rings. The third-order valence-corrected chi connectivity index (χ3v) is 4.04. The largest absolute Gasteiger partial charge is 0.496 e. The first-order valence-corrected chi connectivity index (χ1v) is 8.06. The van der Waals surface area contributed by atoms with Crippen LogP contribution in [0.3, 0.4) is 0 Å². The molecule has 0 bridgehead atoms. The van der Waals surface area contributed by atoms with Gasteiger partial charge in [-0.15, -0.1) is 0 Å². The second-order valence-electron chi connectivity index (χ2n) is 5.97. The number of benzene rings is 2. The Kier molecular flexibility index (Phi) is 6.09. The SMILES string of the molecule is COc1ccccc1-c1cc(CC(N)=O)c(C(F)(F)F)cc1CCC(N)=O. The smallest absolute Gasteiger partial charge is 0.416 e. The molecule has 0 aliphatic heterocycles. The van der Waals surface area contributed by atoms with Gasteiger partial charge in [0.15, 0.2) is 0 Å². The molecule has 0 unspecified atom stereocenters. The van der Waals surface area contributed by atoms with E-state index in [4.69, 9.17) is 16.2 Å². The first-order valence-electron chi connectivity index (χ1n) is 8.06. The molecule has 4 N–H and O–H groups in total. The summed E-state index contributed by atoms with van der Waals surface area (Å²) in [5.41, 5.74) is 10.3. The van der Waals surface area contributed by atoms with Crippen molar-refractivity contribution in [1.29, 1.82) is 0 Å². The standard InChI is InChI=1S/C19H19F3N2O3/c1-27-16-5-3-2-4-13(16)14-8-12(10-18(24)26)15(19(20,21)22)9-11(14)6-7-17(23)25/h2-5,8-9H,6-7,10H2,1H3,(H2,23,25)(H2,24,26). The van der Waals surface area contributed by atoms with Crippen LogP contribution in [0.25, 0.3) is 11.1 Å². The molecule has 5 nitrogen and oxygen atoms in total. The average molecular weight is 380 g/mol. The van der Waals surface area contributed by atoms with Crippen LogP contribution in [0.4, 0.5) is 13.2 Å². The maximum atomic E-state index is 13.5. The summed E-state index contributed by atoms with van der Waals surface area (Å²) in [5.74, 6) is -1.06. The van der Waals surface area contributed by atoms with Crippen molar-refractivity contribution >= 4 is 11.8 Å². The van der Waals surface area contributed by atoms with Crippen molar-refractivity contribution in [1.82, 2.24) is 0 Å². The van der Waals surface area contributed by atoms with Crippen LogP contribution < -0.4 is 16.2 Å². The quantitative estimate of drug-likeness (QED) is 0.773. The van der Waals surface area contributed by atoms with Gasteiger partial charge < -0.3 is 16.2 Å². The number of hydrogen-bond acceptors (Lipinski definition) is 3. The lowest BCUT2D eigenvalue weighted by atomic mass is 9.89. The number of methoxy groups -OCH3 is 1. The van der Waals surface area contributed by atoms with E-state index in [9.17, 15) is 22.8 Å². The number of primary amides is 2. The van der Waals surface area contributed by atoms with Gasteiger partial charge in [0.2, 0.25) is 11.8 Å². The number of ether oxygens (including phenoxy) is 1. The molecule has 0 saturated carbocycles. The molecule has 2 aromatic rings. The molecule has 0 spiro atoms. The summed E-state index contributed by atoms with van der Waals surface area (Å²) in [7, 11) is 1.44. The Bertz CT molecular complexity index is 864. The highest BCUT2D eigenvalue weighted by molar-refractivity contribution is 5.81. The molecule has 2 rings (SSSR count). The molecule has 0 saturated heterocycles. The number of carbonyl (C=O) groups is 2. The van der Waals surface area contributed by atoms with Gasteiger partial charge in [0.1, 0.15) is 5.75 Å². The molecule has 0 aliphatic carbocycles. The topological polar surface area (TPSA) is 95.4 Å². The number of amides is 2.